The molecule has 1 fully saturated rings. The lowest BCUT2D eigenvalue weighted by atomic mass is 10.1. The second kappa shape index (κ2) is 10.9. The van der Waals surface area contributed by atoms with Gasteiger partial charge in [0, 0.05) is 25.2 Å². The molecule has 11 heteroatoms. The molecular weight excluding hydrogens is 436 g/mol. The van der Waals surface area contributed by atoms with Crippen LogP contribution < -0.4 is 5.32 Å². The van der Waals surface area contributed by atoms with E-state index >= 15 is 0 Å². The van der Waals surface area contributed by atoms with Crippen molar-refractivity contribution in [3.05, 3.63) is 41.8 Å². The monoisotopic (exact) mass is 458 g/mol. The molecule has 1 N–H and O–H groups in total. The minimum Gasteiger partial charge on any atom is -0.379 e. The maximum absolute atomic E-state index is 13.2. The van der Waals surface area contributed by atoms with Gasteiger partial charge in [-0.2, -0.15) is 13.2 Å². The molecule has 31 heavy (non-hydrogen) atoms. The first-order valence-corrected chi connectivity index (χ1v) is 10.7. The second-order valence-corrected chi connectivity index (χ2v) is 7.81. The number of benzene rings is 1. The van der Waals surface area contributed by atoms with Gasteiger partial charge in [-0.1, -0.05) is 11.8 Å². The number of nitrogens with one attached hydrogen (secondary N) is 1. The Balaban J connectivity index is 1.56. The summed E-state index contributed by atoms with van der Waals surface area (Å²) in [6.07, 6.45) is -3.90. The van der Waals surface area contributed by atoms with Crippen LogP contribution in [0.2, 0.25) is 0 Å². The van der Waals surface area contributed by atoms with Crippen LogP contribution in [0.25, 0.3) is 11.3 Å². The Morgan fingerprint density at radius 3 is 2.55 bits per heavy atom. The van der Waals surface area contributed by atoms with Crippen LogP contribution in [-0.2, 0) is 15.7 Å². The molecule has 2 heterocycles. The van der Waals surface area contributed by atoms with E-state index in [9.17, 15) is 22.4 Å². The fraction of sp³-hybridized carbons (Fsp3) is 0.450. The summed E-state index contributed by atoms with van der Waals surface area (Å²) >= 11 is 0.822. The van der Waals surface area contributed by atoms with Crippen molar-refractivity contribution in [2.75, 3.05) is 45.1 Å². The van der Waals surface area contributed by atoms with E-state index in [0.29, 0.717) is 25.3 Å². The molecule has 2 aromatic rings. The van der Waals surface area contributed by atoms with Crippen molar-refractivity contribution in [1.29, 1.82) is 0 Å². The predicted molar refractivity (Wildman–Crippen MR) is 108 cm³/mol. The van der Waals surface area contributed by atoms with E-state index in [1.165, 1.54) is 12.1 Å². The van der Waals surface area contributed by atoms with Gasteiger partial charge < -0.3 is 10.1 Å². The van der Waals surface area contributed by atoms with E-state index in [4.69, 9.17) is 4.74 Å². The van der Waals surface area contributed by atoms with Crippen molar-refractivity contribution in [2.24, 2.45) is 0 Å². The third kappa shape index (κ3) is 7.44. The molecular formula is C20H22F4N4O2S. The van der Waals surface area contributed by atoms with Gasteiger partial charge >= 0.3 is 6.18 Å². The Hall–Kier alpha value is -2.24. The van der Waals surface area contributed by atoms with Gasteiger partial charge in [0.25, 0.3) is 0 Å². The molecule has 0 saturated carbocycles. The van der Waals surface area contributed by atoms with Crippen LogP contribution in [0.3, 0.4) is 0 Å². The molecule has 168 valence electrons. The van der Waals surface area contributed by atoms with Gasteiger partial charge in [0.1, 0.15) is 11.5 Å². The molecule has 0 unspecified atom stereocenters. The number of aromatic nitrogens is 2. The van der Waals surface area contributed by atoms with Crippen LogP contribution in [0.4, 0.5) is 17.6 Å². The SMILES string of the molecule is O=C(CSc1nc(-c2ccc(F)cc2)cc(C(F)(F)F)n1)NCCCN1CCOCC1. The van der Waals surface area contributed by atoms with Gasteiger partial charge in [-0.05, 0) is 43.3 Å². The summed E-state index contributed by atoms with van der Waals surface area (Å²) in [5.74, 6) is -0.924. The van der Waals surface area contributed by atoms with Gasteiger partial charge in [-0.3, -0.25) is 9.69 Å². The predicted octanol–water partition coefficient (Wildman–Crippen LogP) is 3.23. The zero-order valence-corrected chi connectivity index (χ0v) is 17.4. The lowest BCUT2D eigenvalue weighted by Crippen LogP contribution is -2.38. The summed E-state index contributed by atoms with van der Waals surface area (Å²) in [7, 11) is 0. The van der Waals surface area contributed by atoms with Crippen molar-refractivity contribution >= 4 is 17.7 Å². The van der Waals surface area contributed by atoms with Crippen LogP contribution in [0, 0.1) is 5.82 Å². The van der Waals surface area contributed by atoms with Crippen molar-refractivity contribution in [1.82, 2.24) is 20.2 Å². The highest BCUT2D eigenvalue weighted by Gasteiger charge is 2.34. The fourth-order valence-corrected chi connectivity index (χ4v) is 3.63. The fourth-order valence-electron chi connectivity index (χ4n) is 2.94. The van der Waals surface area contributed by atoms with Crippen LogP contribution in [-0.4, -0.2) is 65.9 Å². The molecule has 0 spiro atoms. The minimum atomic E-state index is -4.67. The summed E-state index contributed by atoms with van der Waals surface area (Å²) in [6, 6.07) is 5.77. The van der Waals surface area contributed by atoms with Gasteiger partial charge in [0.15, 0.2) is 5.16 Å². The maximum atomic E-state index is 13.2. The molecule has 1 aliphatic rings. The third-order valence-corrected chi connectivity index (χ3v) is 5.39. The Labute approximate surface area is 181 Å². The molecule has 0 radical (unpaired) electrons. The van der Waals surface area contributed by atoms with Crippen LogP contribution in [0.1, 0.15) is 12.1 Å². The average Bonchev–Trinajstić information content (AvgIpc) is 2.76. The Kier molecular flexibility index (Phi) is 8.22. The Morgan fingerprint density at radius 1 is 1.16 bits per heavy atom. The lowest BCUT2D eigenvalue weighted by Gasteiger charge is -2.26. The number of halogens is 4. The van der Waals surface area contributed by atoms with E-state index in [2.05, 4.69) is 20.2 Å². The number of carbonyl (C=O) groups excluding carboxylic acids is 1. The Bertz CT molecular complexity index is 874. The average molecular weight is 458 g/mol. The number of hydrogen-bond donors (Lipinski definition) is 1. The summed E-state index contributed by atoms with van der Waals surface area (Å²) in [6.45, 7) is 4.47. The molecule has 1 aliphatic heterocycles. The smallest absolute Gasteiger partial charge is 0.379 e. The summed E-state index contributed by atoms with van der Waals surface area (Å²) < 4.78 is 58.1. The number of hydrogen-bond acceptors (Lipinski definition) is 6. The standard InChI is InChI=1S/C20H22F4N4O2S/c21-15-4-2-14(3-5-15)16-12-17(20(22,23)24)27-19(26-16)31-13-18(29)25-6-1-7-28-8-10-30-11-9-28/h2-5,12H,1,6-11,13H2,(H,25,29). The number of ether oxygens (including phenoxy) is 1. The summed E-state index contributed by atoms with van der Waals surface area (Å²) in [4.78, 5) is 21.9. The number of carbonyl (C=O) groups is 1. The second-order valence-electron chi connectivity index (χ2n) is 6.87. The van der Waals surface area contributed by atoms with Crippen molar-refractivity contribution in [3.8, 4) is 11.3 Å². The quantitative estimate of drug-likeness (QED) is 0.284. The first-order valence-electron chi connectivity index (χ1n) is 9.73. The zero-order valence-electron chi connectivity index (χ0n) is 16.6. The molecule has 1 amide bonds. The van der Waals surface area contributed by atoms with Gasteiger partial charge in [-0.15, -0.1) is 0 Å². The highest BCUT2D eigenvalue weighted by Crippen LogP contribution is 2.32. The van der Waals surface area contributed by atoms with Gasteiger partial charge in [0.2, 0.25) is 5.91 Å². The van der Waals surface area contributed by atoms with E-state index in [1.54, 1.807) is 0 Å². The van der Waals surface area contributed by atoms with Crippen LogP contribution in [0.5, 0.6) is 0 Å². The topological polar surface area (TPSA) is 67.4 Å². The highest BCUT2D eigenvalue weighted by molar-refractivity contribution is 7.99. The van der Waals surface area contributed by atoms with E-state index in [0.717, 1.165) is 56.0 Å². The van der Waals surface area contributed by atoms with Crippen molar-refractivity contribution < 1.29 is 27.1 Å². The van der Waals surface area contributed by atoms with Crippen molar-refractivity contribution in [2.45, 2.75) is 17.8 Å². The molecule has 1 aromatic carbocycles. The highest BCUT2D eigenvalue weighted by atomic mass is 32.2. The first kappa shape index (κ1) is 23.4. The van der Waals surface area contributed by atoms with E-state index in [1.807, 2.05) is 0 Å². The van der Waals surface area contributed by atoms with E-state index in [-0.39, 0.29) is 22.5 Å². The molecule has 1 aromatic heterocycles. The third-order valence-electron chi connectivity index (χ3n) is 4.55. The molecule has 6 nitrogen and oxygen atoms in total. The number of morpholine rings is 1. The Morgan fingerprint density at radius 2 is 1.87 bits per heavy atom. The van der Waals surface area contributed by atoms with Gasteiger partial charge in [0.05, 0.1) is 24.7 Å². The van der Waals surface area contributed by atoms with Crippen molar-refractivity contribution in [3.63, 3.8) is 0 Å². The number of rotatable bonds is 8. The molecule has 3 rings (SSSR count). The number of amides is 1. The summed E-state index contributed by atoms with van der Waals surface area (Å²) in [5, 5.41) is 2.58. The first-order chi connectivity index (χ1) is 14.8. The minimum absolute atomic E-state index is 0.00995. The van der Waals surface area contributed by atoms with Gasteiger partial charge in [-0.25, -0.2) is 14.4 Å². The van der Waals surface area contributed by atoms with E-state index < -0.39 is 17.7 Å². The number of alkyl halides is 3. The largest absolute Gasteiger partial charge is 0.433 e. The number of thioether (sulfide) groups is 1. The lowest BCUT2D eigenvalue weighted by molar-refractivity contribution is -0.141. The van der Waals surface area contributed by atoms with Crippen LogP contribution in [0.15, 0.2) is 35.5 Å². The molecule has 0 atom stereocenters. The molecule has 1 saturated heterocycles. The maximum Gasteiger partial charge on any atom is 0.433 e. The molecule has 0 bridgehead atoms. The summed E-state index contributed by atoms with van der Waals surface area (Å²) in [5.41, 5.74) is -0.783. The van der Waals surface area contributed by atoms with Crippen LogP contribution >= 0.6 is 11.8 Å². The normalized spacial score (nSPS) is 15.1. The number of nitrogens with zero attached hydrogens (tertiary/aromatic N) is 3. The molecule has 0 aliphatic carbocycles. The zero-order chi connectivity index (χ0) is 22.3.